The van der Waals surface area contributed by atoms with Gasteiger partial charge in [0.25, 0.3) is 0 Å². The Hall–Kier alpha value is -4.07. The number of benzene rings is 5. The summed E-state index contributed by atoms with van der Waals surface area (Å²) in [7, 11) is -2.27. The second-order valence-corrected chi connectivity index (χ2v) is 14.0. The van der Waals surface area contributed by atoms with Gasteiger partial charge in [0.15, 0.2) is 0 Å². The van der Waals surface area contributed by atoms with E-state index in [0.29, 0.717) is 11.8 Å². The summed E-state index contributed by atoms with van der Waals surface area (Å²) in [6.07, 6.45) is 0. The lowest BCUT2D eigenvalue weighted by atomic mass is 9.93. The second kappa shape index (κ2) is 12.4. The average Bonchev–Trinajstić information content (AvgIpc) is 3.00. The van der Waals surface area contributed by atoms with Crippen molar-refractivity contribution in [3.63, 3.8) is 0 Å². The van der Waals surface area contributed by atoms with Crippen molar-refractivity contribution in [2.45, 2.75) is 39.5 Å². The van der Waals surface area contributed by atoms with Crippen LogP contribution in [-0.4, -0.2) is 0 Å². The van der Waals surface area contributed by atoms with Crippen molar-refractivity contribution in [3.05, 3.63) is 145 Å². The maximum absolute atomic E-state index is 4.81. The number of hydrogen-bond acceptors (Lipinski definition) is 2. The summed E-state index contributed by atoms with van der Waals surface area (Å²) >= 11 is 0. The SMILES string of the molecule is CC(C)c1cccc(C(C)C)c1N=NNc1ccccc1[P+](c1ccccc1)(c1ccccc1)c1ccccc1. The van der Waals surface area contributed by atoms with Crippen molar-refractivity contribution >= 4 is 39.9 Å². The topological polar surface area (TPSA) is 36.8 Å². The molecule has 5 aromatic carbocycles. The van der Waals surface area contributed by atoms with E-state index in [1.807, 2.05) is 0 Å². The van der Waals surface area contributed by atoms with Gasteiger partial charge < -0.3 is 0 Å². The zero-order valence-electron chi connectivity index (χ0n) is 23.7. The van der Waals surface area contributed by atoms with E-state index in [-0.39, 0.29) is 0 Å². The Morgan fingerprint density at radius 2 is 0.925 bits per heavy atom. The first-order chi connectivity index (χ1) is 19.5. The van der Waals surface area contributed by atoms with Gasteiger partial charge in [-0.2, -0.15) is 0 Å². The lowest BCUT2D eigenvalue weighted by Crippen LogP contribution is -2.39. The molecule has 0 heterocycles. The predicted molar refractivity (Wildman–Crippen MR) is 174 cm³/mol. The molecule has 5 aromatic rings. The number of hydrogen-bond donors (Lipinski definition) is 1. The average molecular weight is 543 g/mol. The van der Waals surface area contributed by atoms with E-state index in [4.69, 9.17) is 5.11 Å². The van der Waals surface area contributed by atoms with E-state index in [1.54, 1.807) is 0 Å². The van der Waals surface area contributed by atoms with Gasteiger partial charge in [-0.15, -0.1) is 5.11 Å². The maximum atomic E-state index is 4.81. The Morgan fingerprint density at radius 3 is 1.38 bits per heavy atom. The number of anilines is 1. The van der Waals surface area contributed by atoms with Crippen molar-refractivity contribution in [3.8, 4) is 0 Å². The normalized spacial score (nSPS) is 11.8. The van der Waals surface area contributed by atoms with Crippen LogP contribution in [0, 0.1) is 0 Å². The molecule has 0 saturated carbocycles. The van der Waals surface area contributed by atoms with E-state index in [9.17, 15) is 0 Å². The lowest BCUT2D eigenvalue weighted by molar-refractivity contribution is 0.828. The standard InChI is InChI=1S/C36H37N3P/c1-27(2)32-23-16-24-33(28(3)4)36(32)38-39-37-34-25-14-15-26-35(34)40(29-17-8-5-9-18-29,30-19-10-6-11-20-30)31-21-12-7-13-22-31/h5-28H,1-4H3,(H,37,38)/q+1. The van der Waals surface area contributed by atoms with Gasteiger partial charge in [-0.1, -0.05) is 118 Å². The summed E-state index contributed by atoms with van der Waals surface area (Å²) in [6.45, 7) is 8.83. The Balaban J connectivity index is 1.70. The molecule has 200 valence electrons. The van der Waals surface area contributed by atoms with Crippen molar-refractivity contribution < 1.29 is 0 Å². The fraction of sp³-hybridized carbons (Fsp3) is 0.167. The van der Waals surface area contributed by atoms with Crippen LogP contribution in [0.1, 0.15) is 50.7 Å². The van der Waals surface area contributed by atoms with Gasteiger partial charge in [0, 0.05) is 0 Å². The van der Waals surface area contributed by atoms with Crippen LogP contribution in [0.2, 0.25) is 0 Å². The van der Waals surface area contributed by atoms with Gasteiger partial charge in [-0.05, 0) is 71.5 Å². The number of rotatable bonds is 9. The second-order valence-electron chi connectivity index (χ2n) is 10.6. The molecular formula is C36H37N3P+. The van der Waals surface area contributed by atoms with E-state index >= 15 is 0 Å². The van der Waals surface area contributed by atoms with E-state index in [0.717, 1.165) is 11.4 Å². The zero-order chi connectivity index (χ0) is 28.0. The molecular weight excluding hydrogens is 505 g/mol. The predicted octanol–water partition coefficient (Wildman–Crippen LogP) is 8.66. The first-order valence-electron chi connectivity index (χ1n) is 14.0. The summed E-state index contributed by atoms with van der Waals surface area (Å²) in [4.78, 5) is 0. The Labute approximate surface area is 239 Å². The highest BCUT2D eigenvalue weighted by atomic mass is 31.2. The first-order valence-corrected chi connectivity index (χ1v) is 15.8. The van der Waals surface area contributed by atoms with Crippen molar-refractivity contribution in [1.82, 2.24) is 0 Å². The summed E-state index contributed by atoms with van der Waals surface area (Å²) < 4.78 is 0. The number of nitrogens with one attached hydrogen (secondary N) is 1. The molecule has 0 aliphatic heterocycles. The molecule has 0 unspecified atom stereocenters. The minimum Gasteiger partial charge on any atom is -0.256 e. The molecule has 1 N–H and O–H groups in total. The number of nitrogens with zero attached hydrogens (tertiary/aromatic N) is 2. The molecule has 0 saturated heterocycles. The highest BCUT2D eigenvalue weighted by Gasteiger charge is 2.49. The number of para-hydroxylation sites is 1. The molecule has 0 atom stereocenters. The Bertz CT molecular complexity index is 1440. The third-order valence-electron chi connectivity index (χ3n) is 7.36. The highest BCUT2D eigenvalue weighted by molar-refractivity contribution is 8.01. The Kier molecular flexibility index (Phi) is 8.53. The molecule has 4 heteroatoms. The van der Waals surface area contributed by atoms with E-state index in [1.165, 1.54) is 32.3 Å². The molecule has 40 heavy (non-hydrogen) atoms. The smallest absolute Gasteiger partial charge is 0.146 e. The largest absolute Gasteiger partial charge is 0.256 e. The molecule has 0 fully saturated rings. The van der Waals surface area contributed by atoms with E-state index in [2.05, 4.69) is 172 Å². The van der Waals surface area contributed by atoms with E-state index < -0.39 is 7.26 Å². The van der Waals surface area contributed by atoms with Crippen LogP contribution in [0.25, 0.3) is 0 Å². The molecule has 0 bridgehead atoms. The first kappa shape index (κ1) is 27.5. The van der Waals surface area contributed by atoms with Crippen molar-refractivity contribution in [1.29, 1.82) is 0 Å². The molecule has 5 rings (SSSR count). The summed E-state index contributed by atoms with van der Waals surface area (Å²) in [6, 6.07) is 47.7. The highest BCUT2D eigenvalue weighted by Crippen LogP contribution is 2.55. The quantitative estimate of drug-likeness (QED) is 0.113. The van der Waals surface area contributed by atoms with Gasteiger partial charge in [0.2, 0.25) is 0 Å². The van der Waals surface area contributed by atoms with Crippen LogP contribution in [-0.2, 0) is 0 Å². The van der Waals surface area contributed by atoms with Gasteiger partial charge in [0.05, 0.1) is 5.69 Å². The van der Waals surface area contributed by atoms with Gasteiger partial charge >= 0.3 is 0 Å². The third-order valence-corrected chi connectivity index (χ3v) is 11.7. The fourth-order valence-electron chi connectivity index (χ4n) is 5.44. The Morgan fingerprint density at radius 1 is 0.500 bits per heavy atom. The summed E-state index contributed by atoms with van der Waals surface area (Å²) in [5.41, 5.74) is 7.75. The summed E-state index contributed by atoms with van der Waals surface area (Å²) in [5, 5.41) is 14.6. The molecule has 0 spiro atoms. The third kappa shape index (κ3) is 5.35. The fourth-order valence-corrected chi connectivity index (χ4v) is 9.82. The minimum absolute atomic E-state index is 0.354. The van der Waals surface area contributed by atoms with Crippen LogP contribution in [0.15, 0.2) is 144 Å². The monoisotopic (exact) mass is 542 g/mol. The lowest BCUT2D eigenvalue weighted by Gasteiger charge is -2.28. The molecule has 3 nitrogen and oxygen atoms in total. The van der Waals surface area contributed by atoms with Gasteiger partial charge in [0.1, 0.15) is 34.2 Å². The van der Waals surface area contributed by atoms with Crippen LogP contribution >= 0.6 is 7.26 Å². The molecule has 0 amide bonds. The van der Waals surface area contributed by atoms with Crippen LogP contribution < -0.4 is 26.6 Å². The van der Waals surface area contributed by atoms with Crippen molar-refractivity contribution in [2.75, 3.05) is 5.43 Å². The maximum Gasteiger partial charge on any atom is 0.146 e. The van der Waals surface area contributed by atoms with Crippen LogP contribution in [0.3, 0.4) is 0 Å². The van der Waals surface area contributed by atoms with Crippen molar-refractivity contribution in [2.24, 2.45) is 10.3 Å². The molecule has 0 aliphatic carbocycles. The van der Waals surface area contributed by atoms with Crippen LogP contribution in [0.4, 0.5) is 11.4 Å². The molecule has 0 aromatic heterocycles. The van der Waals surface area contributed by atoms with Gasteiger partial charge in [-0.25, -0.2) is 0 Å². The zero-order valence-corrected chi connectivity index (χ0v) is 24.6. The molecule has 0 radical (unpaired) electrons. The molecule has 0 aliphatic rings. The summed E-state index contributed by atoms with van der Waals surface area (Å²) in [5.74, 6) is 0.709. The van der Waals surface area contributed by atoms with Gasteiger partial charge in [-0.3, -0.25) is 5.43 Å². The van der Waals surface area contributed by atoms with Crippen LogP contribution in [0.5, 0.6) is 0 Å². The minimum atomic E-state index is -2.27.